The van der Waals surface area contributed by atoms with E-state index in [0.29, 0.717) is 22.8 Å². The number of halogens is 1. The van der Waals surface area contributed by atoms with E-state index >= 15 is 0 Å². The third-order valence-electron chi connectivity index (χ3n) is 4.35. The SMILES string of the molecule is CC1CCN(C(=O)CSc2nnc([C@@H](C)Oc3ccc(F)cc3)o2)CC1. The molecule has 2 aromatic rings. The van der Waals surface area contributed by atoms with Crippen molar-refractivity contribution in [1.29, 1.82) is 0 Å². The summed E-state index contributed by atoms with van der Waals surface area (Å²) in [5.41, 5.74) is 0. The van der Waals surface area contributed by atoms with Crippen molar-refractivity contribution in [2.45, 2.75) is 38.0 Å². The summed E-state index contributed by atoms with van der Waals surface area (Å²) in [5, 5.41) is 8.27. The van der Waals surface area contributed by atoms with Gasteiger partial charge >= 0.3 is 0 Å². The van der Waals surface area contributed by atoms with Gasteiger partial charge in [0.25, 0.3) is 11.1 Å². The Labute approximate surface area is 156 Å². The number of carbonyl (C=O) groups is 1. The molecule has 2 heterocycles. The van der Waals surface area contributed by atoms with Crippen LogP contribution in [0.4, 0.5) is 4.39 Å². The first-order chi connectivity index (χ1) is 12.5. The van der Waals surface area contributed by atoms with Crippen molar-refractivity contribution in [2.75, 3.05) is 18.8 Å². The van der Waals surface area contributed by atoms with Gasteiger partial charge in [0, 0.05) is 13.1 Å². The molecule has 1 aliphatic rings. The molecule has 1 fully saturated rings. The number of ether oxygens (including phenoxy) is 1. The number of aromatic nitrogens is 2. The molecule has 1 aromatic carbocycles. The lowest BCUT2D eigenvalue weighted by Gasteiger charge is -2.30. The van der Waals surface area contributed by atoms with Crippen molar-refractivity contribution in [2.24, 2.45) is 5.92 Å². The second-order valence-corrected chi connectivity index (χ2v) is 7.40. The number of hydrogen-bond donors (Lipinski definition) is 0. The zero-order chi connectivity index (χ0) is 18.5. The van der Waals surface area contributed by atoms with Crippen LogP contribution in [0.1, 0.15) is 38.7 Å². The van der Waals surface area contributed by atoms with Gasteiger partial charge in [0.1, 0.15) is 11.6 Å². The largest absolute Gasteiger partial charge is 0.481 e. The predicted octanol–water partition coefficient (Wildman–Crippen LogP) is 3.70. The van der Waals surface area contributed by atoms with Gasteiger partial charge < -0.3 is 14.1 Å². The number of likely N-dealkylation sites (tertiary alicyclic amines) is 1. The average molecular weight is 379 g/mol. The van der Waals surface area contributed by atoms with E-state index in [-0.39, 0.29) is 17.5 Å². The molecule has 0 N–H and O–H groups in total. The van der Waals surface area contributed by atoms with Crippen molar-refractivity contribution in [3.63, 3.8) is 0 Å². The number of nitrogens with zero attached hydrogens (tertiary/aromatic N) is 3. The monoisotopic (exact) mass is 379 g/mol. The first-order valence-corrected chi connectivity index (χ1v) is 9.66. The van der Waals surface area contributed by atoms with Crippen LogP contribution in [-0.4, -0.2) is 39.8 Å². The van der Waals surface area contributed by atoms with Gasteiger partial charge in [0.05, 0.1) is 5.75 Å². The highest BCUT2D eigenvalue weighted by Crippen LogP contribution is 2.25. The van der Waals surface area contributed by atoms with Crippen LogP contribution in [0.15, 0.2) is 33.9 Å². The normalized spacial score (nSPS) is 16.5. The standard InChI is InChI=1S/C18H22FN3O3S/c1-12-7-9-22(10-8-12)16(23)11-26-18-21-20-17(25-18)13(2)24-15-5-3-14(19)4-6-15/h3-6,12-13H,7-11H2,1-2H3/t13-/m1/s1. The lowest BCUT2D eigenvalue weighted by Crippen LogP contribution is -2.38. The second-order valence-electron chi connectivity index (χ2n) is 6.47. The summed E-state index contributed by atoms with van der Waals surface area (Å²) in [6, 6.07) is 5.72. The molecule has 0 unspecified atom stereocenters. The molecule has 1 amide bonds. The molecule has 1 aromatic heterocycles. The fourth-order valence-electron chi connectivity index (χ4n) is 2.68. The molecule has 1 saturated heterocycles. The van der Waals surface area contributed by atoms with Gasteiger partial charge in [0.15, 0.2) is 6.10 Å². The minimum atomic E-state index is -0.471. The number of benzene rings is 1. The van der Waals surface area contributed by atoms with Crippen LogP contribution >= 0.6 is 11.8 Å². The highest BCUT2D eigenvalue weighted by atomic mass is 32.2. The van der Waals surface area contributed by atoms with Crippen molar-refractivity contribution in [3.8, 4) is 5.75 Å². The summed E-state index contributed by atoms with van der Waals surface area (Å²) in [6.45, 7) is 5.62. The Hall–Kier alpha value is -2.09. The molecule has 0 radical (unpaired) electrons. The molecule has 8 heteroatoms. The first-order valence-electron chi connectivity index (χ1n) is 8.67. The summed E-state index contributed by atoms with van der Waals surface area (Å²) in [7, 11) is 0. The molecular weight excluding hydrogens is 357 g/mol. The van der Waals surface area contributed by atoms with E-state index in [9.17, 15) is 9.18 Å². The third-order valence-corrected chi connectivity index (χ3v) is 5.16. The lowest BCUT2D eigenvalue weighted by atomic mass is 9.99. The molecule has 0 spiro atoms. The van der Waals surface area contributed by atoms with Gasteiger partial charge in [-0.3, -0.25) is 4.79 Å². The molecule has 0 aliphatic carbocycles. The van der Waals surface area contributed by atoms with E-state index in [1.165, 1.54) is 36.0 Å². The van der Waals surface area contributed by atoms with Crippen molar-refractivity contribution in [1.82, 2.24) is 15.1 Å². The highest BCUT2D eigenvalue weighted by Gasteiger charge is 2.22. The average Bonchev–Trinajstić information content (AvgIpc) is 3.11. The number of amides is 1. The molecule has 0 saturated carbocycles. The molecule has 26 heavy (non-hydrogen) atoms. The summed E-state index contributed by atoms with van der Waals surface area (Å²) in [5.74, 6) is 1.57. The number of piperidine rings is 1. The van der Waals surface area contributed by atoms with Gasteiger partial charge in [-0.05, 0) is 49.9 Å². The molecule has 6 nitrogen and oxygen atoms in total. The number of carbonyl (C=O) groups excluding carboxylic acids is 1. The van der Waals surface area contributed by atoms with Gasteiger partial charge in [0.2, 0.25) is 5.91 Å². The van der Waals surface area contributed by atoms with E-state index in [2.05, 4.69) is 17.1 Å². The van der Waals surface area contributed by atoms with Crippen LogP contribution < -0.4 is 4.74 Å². The van der Waals surface area contributed by atoms with Gasteiger partial charge in [-0.25, -0.2) is 4.39 Å². The minimum Gasteiger partial charge on any atom is -0.481 e. The topological polar surface area (TPSA) is 68.5 Å². The first kappa shape index (κ1) is 18.7. The maximum absolute atomic E-state index is 12.9. The minimum absolute atomic E-state index is 0.0947. The number of rotatable bonds is 6. The molecule has 1 aliphatic heterocycles. The highest BCUT2D eigenvalue weighted by molar-refractivity contribution is 7.99. The third kappa shape index (κ3) is 4.97. The summed E-state index contributed by atoms with van der Waals surface area (Å²) in [6.07, 6.45) is 1.64. The zero-order valence-electron chi connectivity index (χ0n) is 14.9. The van der Waals surface area contributed by atoms with Gasteiger partial charge in [-0.1, -0.05) is 18.7 Å². The van der Waals surface area contributed by atoms with Gasteiger partial charge in [-0.15, -0.1) is 10.2 Å². The Morgan fingerprint density at radius 2 is 2.04 bits per heavy atom. The van der Waals surface area contributed by atoms with E-state index in [1.807, 2.05) is 4.90 Å². The summed E-state index contributed by atoms with van der Waals surface area (Å²) in [4.78, 5) is 14.1. The van der Waals surface area contributed by atoms with E-state index in [0.717, 1.165) is 25.9 Å². The summed E-state index contributed by atoms with van der Waals surface area (Å²) >= 11 is 1.23. The van der Waals surface area contributed by atoms with E-state index < -0.39 is 6.10 Å². The molecule has 3 rings (SSSR count). The zero-order valence-corrected chi connectivity index (χ0v) is 15.7. The van der Waals surface area contributed by atoms with Crippen molar-refractivity contribution in [3.05, 3.63) is 36.0 Å². The molecule has 140 valence electrons. The Kier molecular flexibility index (Phi) is 6.13. The Balaban J connectivity index is 1.49. The predicted molar refractivity (Wildman–Crippen MR) is 95.4 cm³/mol. The second kappa shape index (κ2) is 8.53. The van der Waals surface area contributed by atoms with Crippen LogP contribution in [0, 0.1) is 11.7 Å². The summed E-state index contributed by atoms with van der Waals surface area (Å²) < 4.78 is 24.1. The van der Waals surface area contributed by atoms with Crippen molar-refractivity contribution >= 4 is 17.7 Å². The quantitative estimate of drug-likeness (QED) is 0.713. The molecule has 1 atom stereocenters. The Morgan fingerprint density at radius 3 is 2.73 bits per heavy atom. The maximum atomic E-state index is 12.9. The van der Waals surface area contributed by atoms with E-state index in [1.54, 1.807) is 6.92 Å². The van der Waals surface area contributed by atoms with Crippen molar-refractivity contribution < 1.29 is 18.3 Å². The molecule has 0 bridgehead atoms. The Bertz CT molecular complexity index is 730. The smallest absolute Gasteiger partial charge is 0.277 e. The lowest BCUT2D eigenvalue weighted by molar-refractivity contribution is -0.129. The molecular formula is C18H22FN3O3S. The fraction of sp³-hybridized carbons (Fsp3) is 0.500. The van der Waals surface area contributed by atoms with E-state index in [4.69, 9.17) is 9.15 Å². The van der Waals surface area contributed by atoms with Crippen LogP contribution in [0.25, 0.3) is 0 Å². The van der Waals surface area contributed by atoms with Crippen LogP contribution in [0.5, 0.6) is 5.75 Å². The number of thioether (sulfide) groups is 1. The van der Waals surface area contributed by atoms with Crippen LogP contribution in [-0.2, 0) is 4.79 Å². The fourth-order valence-corrected chi connectivity index (χ4v) is 3.36. The maximum Gasteiger partial charge on any atom is 0.277 e. The van der Waals surface area contributed by atoms with Gasteiger partial charge in [-0.2, -0.15) is 0 Å². The Morgan fingerprint density at radius 1 is 1.35 bits per heavy atom. The number of hydrogen-bond acceptors (Lipinski definition) is 6. The van der Waals surface area contributed by atoms with Crippen LogP contribution in [0.3, 0.4) is 0 Å². The van der Waals surface area contributed by atoms with Crippen LogP contribution in [0.2, 0.25) is 0 Å².